The number of nitrogens with one attached hydrogen (secondary N) is 1. The molecule has 7 nitrogen and oxygen atoms in total. The first-order valence-corrected chi connectivity index (χ1v) is 10.3. The van der Waals surface area contributed by atoms with Crippen molar-refractivity contribution in [1.82, 2.24) is 14.8 Å². The number of carbonyl (C=O) groups is 1. The lowest BCUT2D eigenvalue weighted by atomic mass is 10.2. The molecule has 1 amide bonds. The second-order valence-corrected chi connectivity index (χ2v) is 7.53. The monoisotopic (exact) mass is 456 g/mol. The van der Waals surface area contributed by atoms with E-state index in [-0.39, 0.29) is 27.7 Å². The van der Waals surface area contributed by atoms with Gasteiger partial charge in [0.1, 0.15) is 11.8 Å². The van der Waals surface area contributed by atoms with E-state index >= 15 is 0 Å². The highest BCUT2D eigenvalue weighted by molar-refractivity contribution is 6.35. The predicted molar refractivity (Wildman–Crippen MR) is 117 cm³/mol. The number of hydrogen-bond donors (Lipinski definition) is 1. The van der Waals surface area contributed by atoms with E-state index in [9.17, 15) is 4.79 Å². The highest BCUT2D eigenvalue weighted by Crippen LogP contribution is 2.23. The molecule has 0 saturated carbocycles. The number of rotatable bonds is 4. The SMILES string of the molecule is O=C(Nc1ncc(C#Cc2ccccc2)cc1Cl)c1c(Cl)cnn1CC1COCCO1. The van der Waals surface area contributed by atoms with Gasteiger partial charge in [-0.25, -0.2) is 4.98 Å². The van der Waals surface area contributed by atoms with E-state index in [0.29, 0.717) is 31.9 Å². The second kappa shape index (κ2) is 9.94. The summed E-state index contributed by atoms with van der Waals surface area (Å²) in [6, 6.07) is 11.2. The van der Waals surface area contributed by atoms with Crippen molar-refractivity contribution in [3.05, 3.63) is 75.7 Å². The maximum atomic E-state index is 12.9. The molecule has 31 heavy (non-hydrogen) atoms. The minimum atomic E-state index is -0.475. The largest absolute Gasteiger partial charge is 0.376 e. The average molecular weight is 457 g/mol. The van der Waals surface area contributed by atoms with Gasteiger partial charge in [-0.2, -0.15) is 5.10 Å². The molecule has 1 fully saturated rings. The van der Waals surface area contributed by atoms with E-state index < -0.39 is 5.91 Å². The fourth-order valence-corrected chi connectivity index (χ4v) is 3.43. The third-order valence-electron chi connectivity index (χ3n) is 4.47. The Morgan fingerprint density at radius 1 is 1.13 bits per heavy atom. The van der Waals surface area contributed by atoms with E-state index in [4.69, 9.17) is 32.7 Å². The van der Waals surface area contributed by atoms with Crippen molar-refractivity contribution < 1.29 is 14.3 Å². The summed E-state index contributed by atoms with van der Waals surface area (Å²) in [5, 5.41) is 7.35. The van der Waals surface area contributed by atoms with Gasteiger partial charge in [-0.3, -0.25) is 9.48 Å². The first kappa shape index (κ1) is 21.3. The number of hydrogen-bond acceptors (Lipinski definition) is 5. The fraction of sp³-hybridized carbons (Fsp3) is 0.227. The number of carbonyl (C=O) groups excluding carboxylic acids is 1. The molecular weight excluding hydrogens is 439 g/mol. The summed E-state index contributed by atoms with van der Waals surface area (Å²) in [7, 11) is 0. The Morgan fingerprint density at radius 3 is 2.68 bits per heavy atom. The number of amides is 1. The average Bonchev–Trinajstić information content (AvgIpc) is 3.15. The summed E-state index contributed by atoms with van der Waals surface area (Å²) in [6.45, 7) is 1.82. The highest BCUT2D eigenvalue weighted by Gasteiger charge is 2.23. The summed E-state index contributed by atoms with van der Waals surface area (Å²) in [6.07, 6.45) is 2.75. The normalized spacial score (nSPS) is 15.7. The molecular formula is C22H18Cl2N4O3. The number of ether oxygens (including phenoxy) is 2. The third-order valence-corrected chi connectivity index (χ3v) is 5.03. The molecule has 0 radical (unpaired) electrons. The molecule has 1 N–H and O–H groups in total. The Labute approximate surface area is 189 Å². The van der Waals surface area contributed by atoms with Gasteiger partial charge in [0.2, 0.25) is 0 Å². The van der Waals surface area contributed by atoms with Crippen LogP contribution < -0.4 is 5.32 Å². The summed E-state index contributed by atoms with van der Waals surface area (Å²) in [4.78, 5) is 17.1. The topological polar surface area (TPSA) is 78.3 Å². The number of nitrogens with zero attached hydrogens (tertiary/aromatic N) is 3. The van der Waals surface area contributed by atoms with Crippen LogP contribution in [0.2, 0.25) is 10.0 Å². The molecule has 1 atom stereocenters. The smallest absolute Gasteiger partial charge is 0.276 e. The minimum absolute atomic E-state index is 0.196. The fourth-order valence-electron chi connectivity index (χ4n) is 2.99. The van der Waals surface area contributed by atoms with Gasteiger partial charge in [0.15, 0.2) is 5.82 Å². The molecule has 4 rings (SSSR count). The molecule has 1 unspecified atom stereocenters. The number of halogens is 2. The summed E-state index contributed by atoms with van der Waals surface area (Å²) < 4.78 is 12.5. The second-order valence-electron chi connectivity index (χ2n) is 6.72. The van der Waals surface area contributed by atoms with Gasteiger partial charge in [0, 0.05) is 17.3 Å². The molecule has 0 aliphatic carbocycles. The maximum absolute atomic E-state index is 12.9. The Hall–Kier alpha value is -2.89. The van der Waals surface area contributed by atoms with Gasteiger partial charge in [-0.15, -0.1) is 0 Å². The van der Waals surface area contributed by atoms with Gasteiger partial charge >= 0.3 is 0 Å². The molecule has 1 aliphatic heterocycles. The van der Waals surface area contributed by atoms with E-state index in [0.717, 1.165) is 5.56 Å². The summed E-state index contributed by atoms with van der Waals surface area (Å²) in [5.74, 6) is 5.77. The molecule has 3 heterocycles. The van der Waals surface area contributed by atoms with Crippen LogP contribution in [0.15, 0.2) is 48.8 Å². The van der Waals surface area contributed by atoms with E-state index in [1.807, 2.05) is 30.3 Å². The van der Waals surface area contributed by atoms with Gasteiger partial charge < -0.3 is 14.8 Å². The number of anilines is 1. The Balaban J connectivity index is 1.48. The van der Waals surface area contributed by atoms with Crippen LogP contribution in [0.3, 0.4) is 0 Å². The van der Waals surface area contributed by atoms with Crippen LogP contribution in [0.25, 0.3) is 0 Å². The van der Waals surface area contributed by atoms with Crippen LogP contribution in [0.5, 0.6) is 0 Å². The molecule has 1 aromatic carbocycles. The van der Waals surface area contributed by atoms with Gasteiger partial charge in [-0.05, 0) is 18.2 Å². The zero-order valence-corrected chi connectivity index (χ0v) is 17.9. The van der Waals surface area contributed by atoms with Crippen LogP contribution >= 0.6 is 23.2 Å². The van der Waals surface area contributed by atoms with Crippen molar-refractivity contribution in [2.24, 2.45) is 0 Å². The van der Waals surface area contributed by atoms with Crippen molar-refractivity contribution in [3.8, 4) is 11.8 Å². The minimum Gasteiger partial charge on any atom is -0.376 e. The van der Waals surface area contributed by atoms with Gasteiger partial charge in [0.25, 0.3) is 5.91 Å². The lowest BCUT2D eigenvalue weighted by Gasteiger charge is -2.23. The first-order valence-electron chi connectivity index (χ1n) is 9.55. The third kappa shape index (κ3) is 5.43. The van der Waals surface area contributed by atoms with Gasteiger partial charge in [0.05, 0.1) is 42.6 Å². The molecule has 9 heteroatoms. The quantitative estimate of drug-likeness (QED) is 0.606. The zero-order chi connectivity index (χ0) is 21.6. The maximum Gasteiger partial charge on any atom is 0.276 e. The summed E-state index contributed by atoms with van der Waals surface area (Å²) >= 11 is 12.5. The van der Waals surface area contributed by atoms with Crippen LogP contribution in [0.1, 0.15) is 21.6 Å². The molecule has 1 aliphatic rings. The van der Waals surface area contributed by atoms with Gasteiger partial charge in [-0.1, -0.05) is 53.2 Å². The molecule has 0 spiro atoms. The van der Waals surface area contributed by atoms with Crippen molar-refractivity contribution in [2.45, 2.75) is 12.6 Å². The van der Waals surface area contributed by atoms with Crippen LogP contribution in [0.4, 0.5) is 5.82 Å². The molecule has 0 bridgehead atoms. The van der Waals surface area contributed by atoms with E-state index in [1.165, 1.54) is 10.9 Å². The number of benzene rings is 1. The van der Waals surface area contributed by atoms with Crippen LogP contribution in [-0.4, -0.2) is 46.6 Å². The number of aromatic nitrogens is 3. The standard InChI is InChI=1S/C22H18Cl2N4O3/c23-18-10-16(7-6-15-4-2-1-3-5-15)11-25-21(18)27-22(29)20-19(24)12-26-28(20)13-17-14-30-8-9-31-17/h1-5,10-12,17H,8-9,13-14H2,(H,25,27,29). The van der Waals surface area contributed by atoms with E-state index in [2.05, 4.69) is 27.2 Å². The molecule has 3 aromatic rings. The lowest BCUT2D eigenvalue weighted by Crippen LogP contribution is -2.34. The number of pyridine rings is 1. The first-order chi connectivity index (χ1) is 15.1. The lowest BCUT2D eigenvalue weighted by molar-refractivity contribution is -0.0947. The Bertz CT molecular complexity index is 1130. The highest BCUT2D eigenvalue weighted by atomic mass is 35.5. The van der Waals surface area contributed by atoms with Crippen LogP contribution in [0, 0.1) is 11.8 Å². The predicted octanol–water partition coefficient (Wildman–Crippen LogP) is 3.65. The van der Waals surface area contributed by atoms with Crippen molar-refractivity contribution in [2.75, 3.05) is 25.1 Å². The zero-order valence-electron chi connectivity index (χ0n) is 16.3. The molecule has 158 valence electrons. The van der Waals surface area contributed by atoms with Crippen molar-refractivity contribution in [3.63, 3.8) is 0 Å². The Morgan fingerprint density at radius 2 is 1.94 bits per heavy atom. The van der Waals surface area contributed by atoms with Crippen molar-refractivity contribution >= 4 is 34.9 Å². The van der Waals surface area contributed by atoms with E-state index in [1.54, 1.807) is 12.3 Å². The molecule has 2 aromatic heterocycles. The summed E-state index contributed by atoms with van der Waals surface area (Å²) in [5.41, 5.74) is 1.71. The van der Waals surface area contributed by atoms with Crippen LogP contribution in [-0.2, 0) is 16.0 Å². The molecule has 1 saturated heterocycles. The van der Waals surface area contributed by atoms with Crippen molar-refractivity contribution in [1.29, 1.82) is 0 Å². The Kier molecular flexibility index (Phi) is 6.85.